The molecule has 8 rings (SSSR count). The van der Waals surface area contributed by atoms with E-state index in [2.05, 4.69) is 15.0 Å². The Morgan fingerprint density at radius 3 is 2.75 bits per heavy atom. The molecule has 280 valence electrons. The van der Waals surface area contributed by atoms with Crippen molar-refractivity contribution < 1.29 is 41.3 Å². The Morgan fingerprint density at radius 1 is 1.15 bits per heavy atom. The number of nitrogens with zero attached hydrogens (tertiary/aromatic N) is 7. The van der Waals surface area contributed by atoms with Crippen LogP contribution in [0.2, 0.25) is 5.02 Å². The number of anilines is 2. The summed E-state index contributed by atoms with van der Waals surface area (Å²) in [7, 11) is 0. The molecular formula is C34H38ClF5N8O4. The van der Waals surface area contributed by atoms with E-state index in [1.165, 1.54) is 4.90 Å². The molecule has 1 aromatic carbocycles. The Kier molecular flexibility index (Phi) is 8.98. The standard InChI is InChI=1S/C34H38ClF5N8O4/c35-27-24-15-45(7-2-9-48(24)44-29(27)31(50)46-10-5-19(49)14-46)30-20-16-51-25(26-21(34(38,39)40)3-4-22(41)28(26)37)11-23(20)42-32(43-30)52-17-33-6-1-8-47(33)13-18(36)12-33/h3-4,18-19,25,49H,1-2,5-17,41H2/t18-,19?,25+,33+/m1/s1. The van der Waals surface area contributed by atoms with Gasteiger partial charge in [0.2, 0.25) is 0 Å². The van der Waals surface area contributed by atoms with Crippen LogP contribution >= 0.6 is 11.6 Å². The maximum atomic E-state index is 15.4. The summed E-state index contributed by atoms with van der Waals surface area (Å²) in [4.78, 5) is 28.3. The van der Waals surface area contributed by atoms with Crippen molar-refractivity contribution in [3.63, 3.8) is 0 Å². The number of carbonyl (C=O) groups excluding carboxylic acids is 1. The van der Waals surface area contributed by atoms with Gasteiger partial charge in [-0.1, -0.05) is 11.6 Å². The number of amides is 1. The van der Waals surface area contributed by atoms with Crippen molar-refractivity contribution in [3.05, 3.63) is 56.7 Å². The second kappa shape index (κ2) is 13.2. The lowest BCUT2D eigenvalue weighted by atomic mass is 9.94. The number of aryl methyl sites for hydroxylation is 1. The van der Waals surface area contributed by atoms with Crippen molar-refractivity contribution in [2.75, 3.05) is 50.0 Å². The molecule has 0 spiro atoms. The lowest BCUT2D eigenvalue weighted by Crippen LogP contribution is -2.43. The summed E-state index contributed by atoms with van der Waals surface area (Å²) in [5, 5.41) is 14.7. The third-order valence-electron chi connectivity index (χ3n) is 11.0. The molecule has 3 fully saturated rings. The SMILES string of the molecule is Nc1ccc(C(F)(F)F)c([C@@H]2Cc3nc(OC[C@@]45CCCN4C[C@H](F)C5)nc(N4CCCn5nc(C(=O)N6CCC(O)C6)c(Cl)c5C4)c3CO2)c1F. The minimum Gasteiger partial charge on any atom is -0.461 e. The zero-order chi connectivity index (χ0) is 36.5. The number of nitrogen functional groups attached to an aromatic ring is 1. The molecule has 7 heterocycles. The molecule has 0 aliphatic carbocycles. The molecule has 5 aliphatic rings. The molecule has 18 heteroatoms. The first-order chi connectivity index (χ1) is 24.8. The highest BCUT2D eigenvalue weighted by atomic mass is 35.5. The second-order valence-electron chi connectivity index (χ2n) is 14.4. The first kappa shape index (κ1) is 35.2. The predicted molar refractivity (Wildman–Crippen MR) is 177 cm³/mol. The van der Waals surface area contributed by atoms with E-state index >= 15 is 4.39 Å². The van der Waals surface area contributed by atoms with Gasteiger partial charge in [-0.15, -0.1) is 0 Å². The van der Waals surface area contributed by atoms with E-state index in [1.807, 2.05) is 4.90 Å². The Labute approximate surface area is 300 Å². The van der Waals surface area contributed by atoms with Crippen LogP contribution in [0.5, 0.6) is 6.01 Å². The first-order valence-electron chi connectivity index (χ1n) is 17.5. The van der Waals surface area contributed by atoms with Crippen LogP contribution in [0.15, 0.2) is 12.1 Å². The number of halogens is 6. The Balaban J connectivity index is 1.15. The van der Waals surface area contributed by atoms with Gasteiger partial charge < -0.3 is 30.1 Å². The third kappa shape index (κ3) is 6.22. The highest BCUT2D eigenvalue weighted by molar-refractivity contribution is 6.34. The number of hydrogen-bond acceptors (Lipinski definition) is 10. The molecule has 3 N–H and O–H groups in total. The minimum atomic E-state index is -4.87. The van der Waals surface area contributed by atoms with E-state index < -0.39 is 52.7 Å². The maximum absolute atomic E-state index is 15.4. The number of aliphatic hydroxyl groups excluding tert-OH is 1. The van der Waals surface area contributed by atoms with Gasteiger partial charge in [-0.2, -0.15) is 28.2 Å². The quantitative estimate of drug-likeness (QED) is 0.275. The largest absolute Gasteiger partial charge is 0.461 e. The van der Waals surface area contributed by atoms with Crippen molar-refractivity contribution in [3.8, 4) is 6.01 Å². The van der Waals surface area contributed by atoms with Gasteiger partial charge in [-0.05, 0) is 44.4 Å². The number of benzene rings is 1. The molecule has 5 aliphatic heterocycles. The van der Waals surface area contributed by atoms with Crippen LogP contribution in [-0.2, 0) is 37.0 Å². The number of hydrogen-bond donors (Lipinski definition) is 2. The molecular weight excluding hydrogens is 715 g/mol. The summed E-state index contributed by atoms with van der Waals surface area (Å²) >= 11 is 6.83. The topological polar surface area (TPSA) is 135 Å². The molecule has 1 unspecified atom stereocenters. The molecule has 0 bridgehead atoms. The zero-order valence-corrected chi connectivity index (χ0v) is 28.9. The summed E-state index contributed by atoms with van der Waals surface area (Å²) in [6.07, 6.45) is -5.10. The molecule has 4 atom stereocenters. The van der Waals surface area contributed by atoms with E-state index in [1.54, 1.807) is 4.68 Å². The van der Waals surface area contributed by atoms with Gasteiger partial charge in [0.25, 0.3) is 5.91 Å². The fraction of sp³-hybridized carbons (Fsp3) is 0.588. The number of carbonyl (C=O) groups is 1. The molecule has 52 heavy (non-hydrogen) atoms. The molecule has 1 amide bonds. The van der Waals surface area contributed by atoms with Crippen LogP contribution in [-0.4, -0.2) is 97.7 Å². The number of aromatic nitrogens is 4. The number of aliphatic hydroxyl groups is 1. The van der Waals surface area contributed by atoms with Crippen molar-refractivity contribution in [2.24, 2.45) is 0 Å². The van der Waals surface area contributed by atoms with Crippen LogP contribution in [0, 0.1) is 5.82 Å². The van der Waals surface area contributed by atoms with Gasteiger partial charge in [0.05, 0.1) is 58.6 Å². The van der Waals surface area contributed by atoms with Gasteiger partial charge in [0.15, 0.2) is 11.5 Å². The zero-order valence-electron chi connectivity index (χ0n) is 28.1. The van der Waals surface area contributed by atoms with Crippen LogP contribution in [0.1, 0.15) is 76.8 Å². The lowest BCUT2D eigenvalue weighted by Gasteiger charge is -2.33. The normalized spacial score (nSPS) is 26.3. The fourth-order valence-electron chi connectivity index (χ4n) is 8.44. The Hall–Kier alpha value is -3.80. The third-order valence-corrected chi connectivity index (χ3v) is 11.4. The van der Waals surface area contributed by atoms with Gasteiger partial charge in [-0.3, -0.25) is 14.4 Å². The van der Waals surface area contributed by atoms with Crippen LogP contribution < -0.4 is 15.4 Å². The fourth-order valence-corrected chi connectivity index (χ4v) is 8.71. The number of nitrogens with two attached hydrogens (primary N) is 1. The molecule has 12 nitrogen and oxygen atoms in total. The smallest absolute Gasteiger partial charge is 0.416 e. The summed E-state index contributed by atoms with van der Waals surface area (Å²) in [6, 6.07) is 1.58. The van der Waals surface area contributed by atoms with Gasteiger partial charge >= 0.3 is 12.2 Å². The lowest BCUT2D eigenvalue weighted by molar-refractivity contribution is -0.140. The molecule has 0 radical (unpaired) electrons. The van der Waals surface area contributed by atoms with Crippen molar-refractivity contribution in [1.29, 1.82) is 0 Å². The predicted octanol–water partition coefficient (Wildman–Crippen LogP) is 4.45. The van der Waals surface area contributed by atoms with E-state index in [4.69, 9.17) is 31.8 Å². The first-order valence-corrected chi connectivity index (χ1v) is 17.8. The number of ether oxygens (including phenoxy) is 2. The average molecular weight is 753 g/mol. The van der Waals surface area contributed by atoms with Gasteiger partial charge in [0, 0.05) is 56.7 Å². The number of rotatable bonds is 6. The minimum absolute atomic E-state index is 0.0469. The van der Waals surface area contributed by atoms with Crippen LogP contribution in [0.3, 0.4) is 0 Å². The summed E-state index contributed by atoms with van der Waals surface area (Å²) in [6.45, 7) is 2.57. The van der Waals surface area contributed by atoms with E-state index in [9.17, 15) is 27.5 Å². The number of likely N-dealkylation sites (tertiary alicyclic amines) is 1. The van der Waals surface area contributed by atoms with Crippen molar-refractivity contribution in [1.82, 2.24) is 29.5 Å². The highest BCUT2D eigenvalue weighted by Gasteiger charge is 2.49. The molecule has 3 saturated heterocycles. The van der Waals surface area contributed by atoms with Crippen molar-refractivity contribution >= 4 is 29.0 Å². The summed E-state index contributed by atoms with van der Waals surface area (Å²) in [5.74, 6) is -1.20. The van der Waals surface area contributed by atoms with E-state index in [0.29, 0.717) is 68.2 Å². The molecule has 3 aromatic rings. The average Bonchev–Trinajstić information content (AvgIpc) is 3.82. The highest BCUT2D eigenvalue weighted by Crippen LogP contribution is 2.44. The summed E-state index contributed by atoms with van der Waals surface area (Å²) < 4.78 is 86.2. The Bertz CT molecular complexity index is 1900. The molecule has 0 saturated carbocycles. The summed E-state index contributed by atoms with van der Waals surface area (Å²) in [5.41, 5.74) is 4.32. The molecule has 2 aromatic heterocycles. The van der Waals surface area contributed by atoms with Gasteiger partial charge in [-0.25, -0.2) is 8.78 Å². The van der Waals surface area contributed by atoms with Crippen LogP contribution in [0.25, 0.3) is 0 Å². The van der Waals surface area contributed by atoms with E-state index in [0.717, 1.165) is 31.5 Å². The maximum Gasteiger partial charge on any atom is 0.416 e. The van der Waals surface area contributed by atoms with Crippen LogP contribution in [0.4, 0.5) is 33.5 Å². The number of alkyl halides is 4. The van der Waals surface area contributed by atoms with E-state index in [-0.39, 0.29) is 55.4 Å². The Morgan fingerprint density at radius 2 is 1.98 bits per heavy atom. The second-order valence-corrected chi connectivity index (χ2v) is 14.7. The van der Waals surface area contributed by atoms with Gasteiger partial charge in [0.1, 0.15) is 18.6 Å². The van der Waals surface area contributed by atoms with Crippen molar-refractivity contribution in [2.45, 2.75) is 88.3 Å². The monoisotopic (exact) mass is 752 g/mol. The number of fused-ring (bicyclic) bond motifs is 3. The number of β-amino-alcohol motifs (C(OH)–C–C–N with tert-alkyl or cyclic N) is 1.